The summed E-state index contributed by atoms with van der Waals surface area (Å²) in [5.41, 5.74) is 1.32. The summed E-state index contributed by atoms with van der Waals surface area (Å²) >= 11 is 1.78. The molecule has 0 bridgehead atoms. The second kappa shape index (κ2) is 5.71. The van der Waals surface area contributed by atoms with E-state index in [0.717, 1.165) is 19.6 Å². The first-order valence-corrected chi connectivity index (χ1v) is 6.97. The largest absolute Gasteiger partial charge is 0.373 e. The van der Waals surface area contributed by atoms with Crippen molar-refractivity contribution in [1.82, 2.24) is 5.32 Å². The summed E-state index contributed by atoms with van der Waals surface area (Å²) < 4.78 is 5.83. The molecule has 0 amide bonds. The van der Waals surface area contributed by atoms with Crippen LogP contribution in [-0.4, -0.2) is 26.5 Å². The molecule has 1 aliphatic rings. The van der Waals surface area contributed by atoms with Gasteiger partial charge in [0.15, 0.2) is 0 Å². The zero-order chi connectivity index (χ0) is 11.4. The van der Waals surface area contributed by atoms with Gasteiger partial charge in [0.2, 0.25) is 0 Å². The van der Waals surface area contributed by atoms with Gasteiger partial charge in [-0.2, -0.15) is 0 Å². The quantitative estimate of drug-likeness (QED) is 0.814. The van der Waals surface area contributed by atoms with Crippen molar-refractivity contribution in [3.63, 3.8) is 0 Å². The fraction of sp³-hybridized carbons (Fsp3) is 0.538. The highest BCUT2D eigenvalue weighted by molar-refractivity contribution is 7.98. The second-order valence-electron chi connectivity index (χ2n) is 4.17. The molecule has 2 atom stereocenters. The number of thioether (sulfide) groups is 1. The van der Waals surface area contributed by atoms with Gasteiger partial charge in [0.1, 0.15) is 0 Å². The molecule has 1 saturated heterocycles. The van der Waals surface area contributed by atoms with Crippen LogP contribution in [-0.2, 0) is 4.74 Å². The van der Waals surface area contributed by atoms with Crippen LogP contribution >= 0.6 is 11.8 Å². The highest BCUT2D eigenvalue weighted by Gasteiger charge is 2.28. The molecule has 16 heavy (non-hydrogen) atoms. The Balaban J connectivity index is 2.09. The number of nitrogens with one attached hydrogen (secondary N) is 1. The van der Waals surface area contributed by atoms with E-state index in [1.165, 1.54) is 10.5 Å². The average molecular weight is 237 g/mol. The van der Waals surface area contributed by atoms with Crippen molar-refractivity contribution in [2.24, 2.45) is 5.92 Å². The van der Waals surface area contributed by atoms with E-state index in [1.807, 2.05) is 7.05 Å². The van der Waals surface area contributed by atoms with Crippen LogP contribution in [0, 0.1) is 5.92 Å². The number of benzene rings is 1. The van der Waals surface area contributed by atoms with Crippen molar-refractivity contribution >= 4 is 11.8 Å². The van der Waals surface area contributed by atoms with E-state index < -0.39 is 0 Å². The maximum atomic E-state index is 5.83. The van der Waals surface area contributed by atoms with Crippen LogP contribution in [0.5, 0.6) is 0 Å². The van der Waals surface area contributed by atoms with Gasteiger partial charge in [0, 0.05) is 24.0 Å². The molecule has 0 aliphatic carbocycles. The Bertz CT molecular complexity index is 325. The first kappa shape index (κ1) is 12.0. The van der Waals surface area contributed by atoms with E-state index in [4.69, 9.17) is 4.74 Å². The third-order valence-electron chi connectivity index (χ3n) is 3.12. The van der Waals surface area contributed by atoms with Crippen molar-refractivity contribution in [3.8, 4) is 0 Å². The van der Waals surface area contributed by atoms with Crippen molar-refractivity contribution in [2.45, 2.75) is 17.4 Å². The van der Waals surface area contributed by atoms with Gasteiger partial charge in [-0.3, -0.25) is 0 Å². The first-order valence-electron chi connectivity index (χ1n) is 5.75. The fourth-order valence-electron chi connectivity index (χ4n) is 2.27. The molecule has 2 rings (SSSR count). The van der Waals surface area contributed by atoms with Gasteiger partial charge in [-0.05, 0) is 37.4 Å². The Kier molecular flexibility index (Phi) is 4.27. The monoisotopic (exact) mass is 237 g/mol. The lowest BCUT2D eigenvalue weighted by atomic mass is 9.95. The molecule has 1 aromatic rings. The lowest BCUT2D eigenvalue weighted by molar-refractivity contribution is 0.0909. The van der Waals surface area contributed by atoms with Gasteiger partial charge in [-0.15, -0.1) is 11.8 Å². The molecule has 2 nitrogen and oxygen atoms in total. The summed E-state index contributed by atoms with van der Waals surface area (Å²) in [6, 6.07) is 8.76. The topological polar surface area (TPSA) is 21.3 Å². The number of ether oxygens (including phenoxy) is 1. The van der Waals surface area contributed by atoms with E-state index in [1.54, 1.807) is 11.8 Å². The van der Waals surface area contributed by atoms with E-state index >= 15 is 0 Å². The highest BCUT2D eigenvalue weighted by atomic mass is 32.2. The smallest absolute Gasteiger partial charge is 0.0866 e. The number of hydrogen-bond donors (Lipinski definition) is 1. The summed E-state index contributed by atoms with van der Waals surface area (Å²) in [4.78, 5) is 1.31. The summed E-state index contributed by atoms with van der Waals surface area (Å²) in [5, 5.41) is 3.25. The average Bonchev–Trinajstić information content (AvgIpc) is 2.78. The van der Waals surface area contributed by atoms with Crippen LogP contribution in [0.15, 0.2) is 29.2 Å². The molecule has 2 unspecified atom stereocenters. The Morgan fingerprint density at radius 2 is 2.12 bits per heavy atom. The van der Waals surface area contributed by atoms with E-state index in [-0.39, 0.29) is 6.10 Å². The second-order valence-corrected chi connectivity index (χ2v) is 5.05. The molecule has 1 heterocycles. The predicted octanol–water partition coefficient (Wildman–Crippen LogP) is 2.71. The fourth-order valence-corrected chi connectivity index (χ4v) is 2.68. The van der Waals surface area contributed by atoms with Gasteiger partial charge in [0.25, 0.3) is 0 Å². The maximum Gasteiger partial charge on any atom is 0.0866 e. The van der Waals surface area contributed by atoms with Crippen LogP contribution in [0.1, 0.15) is 18.1 Å². The van der Waals surface area contributed by atoms with E-state index in [0.29, 0.717) is 5.92 Å². The standard InChI is InChI=1S/C13H19NOS/c1-14-9-11-7-8-15-13(11)10-3-5-12(16-2)6-4-10/h3-6,11,13-14H,7-9H2,1-2H3. The highest BCUT2D eigenvalue weighted by Crippen LogP contribution is 2.34. The predicted molar refractivity (Wildman–Crippen MR) is 68.9 cm³/mol. The molecule has 1 aromatic carbocycles. The van der Waals surface area contributed by atoms with Crippen LogP contribution in [0.4, 0.5) is 0 Å². The summed E-state index contributed by atoms with van der Waals surface area (Å²) in [5.74, 6) is 0.616. The molecule has 1 fully saturated rings. The van der Waals surface area contributed by atoms with Gasteiger partial charge in [-0.1, -0.05) is 12.1 Å². The van der Waals surface area contributed by atoms with Crippen molar-refractivity contribution in [2.75, 3.05) is 26.5 Å². The Morgan fingerprint density at radius 3 is 2.75 bits per heavy atom. The molecule has 3 heteroatoms. The summed E-state index contributed by atoms with van der Waals surface area (Å²) in [7, 11) is 2.01. The molecule has 0 saturated carbocycles. The number of rotatable bonds is 4. The molecule has 0 aromatic heterocycles. The van der Waals surface area contributed by atoms with Crippen LogP contribution < -0.4 is 5.32 Å². The minimum Gasteiger partial charge on any atom is -0.373 e. The van der Waals surface area contributed by atoms with Crippen LogP contribution in [0.25, 0.3) is 0 Å². The zero-order valence-electron chi connectivity index (χ0n) is 9.90. The summed E-state index contributed by atoms with van der Waals surface area (Å²) in [6.07, 6.45) is 3.55. The van der Waals surface area contributed by atoms with Crippen LogP contribution in [0.2, 0.25) is 0 Å². The van der Waals surface area contributed by atoms with E-state index in [9.17, 15) is 0 Å². The Morgan fingerprint density at radius 1 is 1.38 bits per heavy atom. The SMILES string of the molecule is CNCC1CCOC1c1ccc(SC)cc1. The zero-order valence-corrected chi connectivity index (χ0v) is 10.7. The third kappa shape index (κ3) is 2.59. The summed E-state index contributed by atoms with van der Waals surface area (Å²) in [6.45, 7) is 1.93. The normalized spacial score (nSPS) is 24.9. The lowest BCUT2D eigenvalue weighted by Gasteiger charge is -2.18. The molecular weight excluding hydrogens is 218 g/mol. The van der Waals surface area contributed by atoms with Gasteiger partial charge < -0.3 is 10.1 Å². The van der Waals surface area contributed by atoms with Crippen molar-refractivity contribution in [1.29, 1.82) is 0 Å². The van der Waals surface area contributed by atoms with Gasteiger partial charge >= 0.3 is 0 Å². The molecule has 1 N–H and O–H groups in total. The van der Waals surface area contributed by atoms with Crippen molar-refractivity contribution < 1.29 is 4.74 Å². The molecular formula is C13H19NOS. The van der Waals surface area contributed by atoms with Crippen molar-refractivity contribution in [3.05, 3.63) is 29.8 Å². The molecule has 1 aliphatic heterocycles. The minimum atomic E-state index is 0.281. The lowest BCUT2D eigenvalue weighted by Crippen LogP contribution is -2.21. The number of hydrogen-bond acceptors (Lipinski definition) is 3. The van der Waals surface area contributed by atoms with Gasteiger partial charge in [0.05, 0.1) is 6.10 Å². The van der Waals surface area contributed by atoms with Crippen LogP contribution in [0.3, 0.4) is 0 Å². The molecule has 88 valence electrons. The Labute approximate surface area is 102 Å². The maximum absolute atomic E-state index is 5.83. The molecule has 0 spiro atoms. The van der Waals surface area contributed by atoms with Gasteiger partial charge in [-0.25, -0.2) is 0 Å². The van der Waals surface area contributed by atoms with E-state index in [2.05, 4.69) is 35.8 Å². The molecule has 0 radical (unpaired) electrons. The Hall–Kier alpha value is -0.510. The third-order valence-corrected chi connectivity index (χ3v) is 3.87. The minimum absolute atomic E-state index is 0.281. The first-order chi connectivity index (χ1) is 7.85.